The number of amides is 1. The lowest BCUT2D eigenvalue weighted by molar-refractivity contribution is -0.385. The Hall–Kier alpha value is -3.09. The maximum absolute atomic E-state index is 12.4. The van der Waals surface area contributed by atoms with Crippen LogP contribution in [-0.4, -0.2) is 42.5 Å². The van der Waals surface area contributed by atoms with Crippen molar-refractivity contribution in [1.82, 2.24) is 4.90 Å². The van der Waals surface area contributed by atoms with Gasteiger partial charge in [-0.15, -0.1) is 0 Å². The Balaban J connectivity index is 1.50. The van der Waals surface area contributed by atoms with Crippen LogP contribution in [0.4, 0.5) is 5.69 Å². The molecule has 2 aromatic rings. The highest BCUT2D eigenvalue weighted by Gasteiger charge is 2.24. The van der Waals surface area contributed by atoms with Crippen LogP contribution < -0.4 is 9.47 Å². The van der Waals surface area contributed by atoms with Crippen LogP contribution in [0.3, 0.4) is 0 Å². The molecule has 0 aromatic heterocycles. The first kappa shape index (κ1) is 19.7. The molecule has 3 rings (SSSR count). The summed E-state index contributed by atoms with van der Waals surface area (Å²) in [4.78, 5) is 24.9. The Kier molecular flexibility index (Phi) is 6.47. The molecular weight excluding hydrogens is 360 g/mol. The number of carbonyl (C=O) groups excluding carboxylic acids is 1. The highest BCUT2D eigenvalue weighted by molar-refractivity contribution is 5.78. The summed E-state index contributed by atoms with van der Waals surface area (Å²) in [6.45, 7) is 1.16. The SMILES string of the molecule is COc1ccc(OCC(=O)N2CCC(Cc3ccccc3)CC2)c([N+](=O)[O-])c1. The molecule has 28 heavy (non-hydrogen) atoms. The van der Waals surface area contributed by atoms with E-state index in [9.17, 15) is 14.9 Å². The zero-order valence-corrected chi connectivity index (χ0v) is 15.9. The van der Waals surface area contributed by atoms with Gasteiger partial charge in [-0.2, -0.15) is 0 Å². The topological polar surface area (TPSA) is 81.9 Å². The average molecular weight is 384 g/mol. The van der Waals surface area contributed by atoms with E-state index in [0.29, 0.717) is 24.8 Å². The van der Waals surface area contributed by atoms with E-state index in [0.717, 1.165) is 19.3 Å². The van der Waals surface area contributed by atoms with Crippen LogP contribution in [0.5, 0.6) is 11.5 Å². The molecule has 1 fully saturated rings. The van der Waals surface area contributed by atoms with Crippen molar-refractivity contribution in [2.75, 3.05) is 26.8 Å². The van der Waals surface area contributed by atoms with Gasteiger partial charge in [-0.25, -0.2) is 0 Å². The summed E-state index contributed by atoms with van der Waals surface area (Å²) in [7, 11) is 1.44. The first-order chi connectivity index (χ1) is 13.6. The summed E-state index contributed by atoms with van der Waals surface area (Å²) in [6.07, 6.45) is 2.92. The Morgan fingerprint density at radius 3 is 2.54 bits per heavy atom. The number of carbonyl (C=O) groups is 1. The number of benzene rings is 2. The largest absolute Gasteiger partial charge is 0.496 e. The zero-order chi connectivity index (χ0) is 19.9. The third kappa shape index (κ3) is 5.00. The van der Waals surface area contributed by atoms with Crippen molar-refractivity contribution < 1.29 is 19.2 Å². The minimum absolute atomic E-state index is 0.0677. The summed E-state index contributed by atoms with van der Waals surface area (Å²) < 4.78 is 10.4. The van der Waals surface area contributed by atoms with Crippen LogP contribution >= 0.6 is 0 Å². The number of methoxy groups -OCH3 is 1. The molecule has 1 heterocycles. The summed E-state index contributed by atoms with van der Waals surface area (Å²) in [5.41, 5.74) is 1.11. The molecule has 7 nitrogen and oxygen atoms in total. The molecule has 0 saturated carbocycles. The molecule has 0 unspecified atom stereocenters. The monoisotopic (exact) mass is 384 g/mol. The highest BCUT2D eigenvalue weighted by Crippen LogP contribution is 2.31. The number of likely N-dealkylation sites (tertiary alicyclic amines) is 1. The van der Waals surface area contributed by atoms with Crippen LogP contribution in [0.1, 0.15) is 18.4 Å². The smallest absolute Gasteiger partial charge is 0.314 e. The summed E-state index contributed by atoms with van der Waals surface area (Å²) in [6, 6.07) is 14.7. The van der Waals surface area contributed by atoms with Crippen molar-refractivity contribution in [2.24, 2.45) is 5.92 Å². The predicted octanol–water partition coefficient (Wildman–Crippen LogP) is 3.46. The normalized spacial score (nSPS) is 14.5. The predicted molar refractivity (Wildman–Crippen MR) is 105 cm³/mol. The lowest BCUT2D eigenvalue weighted by Crippen LogP contribution is -2.41. The zero-order valence-electron chi connectivity index (χ0n) is 15.9. The van der Waals surface area contributed by atoms with Crippen molar-refractivity contribution in [1.29, 1.82) is 0 Å². The third-order valence-corrected chi connectivity index (χ3v) is 5.05. The lowest BCUT2D eigenvalue weighted by atomic mass is 9.90. The second kappa shape index (κ2) is 9.21. The van der Waals surface area contributed by atoms with Crippen molar-refractivity contribution in [3.8, 4) is 11.5 Å². The maximum atomic E-state index is 12.4. The number of nitro groups is 1. The molecule has 2 aromatic carbocycles. The van der Waals surface area contributed by atoms with Gasteiger partial charge in [0.1, 0.15) is 5.75 Å². The summed E-state index contributed by atoms with van der Waals surface area (Å²) in [5, 5.41) is 11.2. The van der Waals surface area contributed by atoms with Crippen LogP contribution in [0, 0.1) is 16.0 Å². The molecule has 0 aliphatic carbocycles. The van der Waals surface area contributed by atoms with Gasteiger partial charge in [-0.1, -0.05) is 30.3 Å². The van der Waals surface area contributed by atoms with Crippen molar-refractivity contribution in [3.63, 3.8) is 0 Å². The van der Waals surface area contributed by atoms with E-state index in [1.807, 2.05) is 18.2 Å². The molecule has 1 saturated heterocycles. The van der Waals surface area contributed by atoms with Gasteiger partial charge >= 0.3 is 5.69 Å². The van der Waals surface area contributed by atoms with Crippen molar-refractivity contribution in [3.05, 3.63) is 64.2 Å². The molecule has 7 heteroatoms. The lowest BCUT2D eigenvalue weighted by Gasteiger charge is -2.32. The Labute approximate surface area is 164 Å². The molecule has 0 spiro atoms. The first-order valence-electron chi connectivity index (χ1n) is 9.33. The molecular formula is C21H24N2O5. The van der Waals surface area contributed by atoms with Gasteiger partial charge in [0.15, 0.2) is 12.4 Å². The minimum atomic E-state index is -0.544. The molecule has 0 N–H and O–H groups in total. The highest BCUT2D eigenvalue weighted by atomic mass is 16.6. The summed E-state index contributed by atoms with van der Waals surface area (Å²) >= 11 is 0. The van der Waals surface area contributed by atoms with E-state index >= 15 is 0 Å². The molecule has 1 amide bonds. The molecule has 0 atom stereocenters. The average Bonchev–Trinajstić information content (AvgIpc) is 2.73. The molecule has 1 aliphatic heterocycles. The second-order valence-corrected chi connectivity index (χ2v) is 6.89. The van der Waals surface area contributed by atoms with Crippen molar-refractivity contribution >= 4 is 11.6 Å². The molecule has 0 radical (unpaired) electrons. The number of ether oxygens (including phenoxy) is 2. The number of rotatable bonds is 7. The molecule has 0 bridgehead atoms. The fraction of sp³-hybridized carbons (Fsp3) is 0.381. The van der Waals surface area contributed by atoms with Gasteiger partial charge in [0.25, 0.3) is 5.91 Å². The van der Waals surface area contributed by atoms with Gasteiger partial charge in [0.05, 0.1) is 18.1 Å². The van der Waals surface area contributed by atoms with E-state index < -0.39 is 4.92 Å². The number of hydrogen-bond donors (Lipinski definition) is 0. The fourth-order valence-corrected chi connectivity index (χ4v) is 3.45. The Morgan fingerprint density at radius 2 is 1.89 bits per heavy atom. The summed E-state index contributed by atoms with van der Waals surface area (Å²) in [5.74, 6) is 0.849. The first-order valence-corrected chi connectivity index (χ1v) is 9.33. The van der Waals surface area contributed by atoms with E-state index in [-0.39, 0.29) is 24.0 Å². The Morgan fingerprint density at radius 1 is 1.18 bits per heavy atom. The molecule has 148 valence electrons. The minimum Gasteiger partial charge on any atom is -0.496 e. The van der Waals surface area contributed by atoms with Gasteiger partial charge in [-0.3, -0.25) is 14.9 Å². The van der Waals surface area contributed by atoms with Gasteiger partial charge < -0.3 is 14.4 Å². The Bertz CT molecular complexity index is 817. The van der Waals surface area contributed by atoms with Crippen molar-refractivity contribution in [2.45, 2.75) is 19.3 Å². The number of nitrogens with zero attached hydrogens (tertiary/aromatic N) is 2. The quantitative estimate of drug-likeness (QED) is 0.539. The van der Waals surface area contributed by atoms with Gasteiger partial charge in [0.2, 0.25) is 0 Å². The number of hydrogen-bond acceptors (Lipinski definition) is 5. The third-order valence-electron chi connectivity index (χ3n) is 5.05. The number of nitro benzene ring substituents is 1. The molecule has 1 aliphatic rings. The van der Waals surface area contributed by atoms with Crippen LogP contribution in [0.2, 0.25) is 0 Å². The number of piperidine rings is 1. The van der Waals surface area contributed by atoms with Crippen LogP contribution in [-0.2, 0) is 11.2 Å². The van der Waals surface area contributed by atoms with E-state index in [2.05, 4.69) is 12.1 Å². The van der Waals surface area contributed by atoms with Crippen LogP contribution in [0.15, 0.2) is 48.5 Å². The maximum Gasteiger partial charge on any atom is 0.314 e. The van der Waals surface area contributed by atoms with Gasteiger partial charge in [-0.05, 0) is 42.9 Å². The van der Waals surface area contributed by atoms with E-state index in [1.165, 1.54) is 24.8 Å². The standard InChI is InChI=1S/C21H24N2O5/c1-27-18-7-8-20(19(14-18)23(25)26)28-15-21(24)22-11-9-17(10-12-22)13-16-5-3-2-4-6-16/h2-8,14,17H,9-13,15H2,1H3. The van der Waals surface area contributed by atoms with E-state index in [4.69, 9.17) is 9.47 Å². The second-order valence-electron chi connectivity index (χ2n) is 6.89. The van der Waals surface area contributed by atoms with E-state index in [1.54, 1.807) is 11.0 Å². The van der Waals surface area contributed by atoms with Crippen LogP contribution in [0.25, 0.3) is 0 Å². The fourth-order valence-electron chi connectivity index (χ4n) is 3.45. The van der Waals surface area contributed by atoms with Gasteiger partial charge in [0, 0.05) is 13.1 Å².